The summed E-state index contributed by atoms with van der Waals surface area (Å²) in [6, 6.07) is 3.38. The van der Waals surface area contributed by atoms with Crippen LogP contribution >= 0.6 is 15.9 Å². The number of hydrogen-bond acceptors (Lipinski definition) is 1. The van der Waals surface area contributed by atoms with Gasteiger partial charge in [-0.3, -0.25) is 0 Å². The fourth-order valence-electron chi connectivity index (χ4n) is 1.36. The average Bonchev–Trinajstić information content (AvgIpc) is 2.07. The maximum atomic E-state index is 13.0. The molecule has 2 rings (SSSR count). The van der Waals surface area contributed by atoms with Crippen molar-refractivity contribution < 1.29 is 9.13 Å². The molecular weight excluding hydrogens is 223 g/mol. The average molecular weight is 231 g/mol. The summed E-state index contributed by atoms with van der Waals surface area (Å²) < 4.78 is 18.8. The first-order chi connectivity index (χ1) is 5.77. The molecule has 1 nitrogen and oxygen atoms in total. The van der Waals surface area contributed by atoms with E-state index in [9.17, 15) is 4.39 Å². The van der Waals surface area contributed by atoms with Crippen molar-refractivity contribution in [1.29, 1.82) is 0 Å². The molecule has 0 amide bonds. The Morgan fingerprint density at radius 2 is 2.17 bits per heavy atom. The van der Waals surface area contributed by atoms with E-state index in [-0.39, 0.29) is 5.82 Å². The Hall–Kier alpha value is -0.410. The molecular formula is C9H8BrFO. The molecule has 0 saturated heterocycles. The summed E-state index contributed by atoms with van der Waals surface area (Å²) in [6.07, 6.45) is 0.883. The van der Waals surface area contributed by atoms with Gasteiger partial charge in [0.25, 0.3) is 0 Å². The Morgan fingerprint density at radius 1 is 1.33 bits per heavy atom. The summed E-state index contributed by atoms with van der Waals surface area (Å²) in [5.74, 6) is -0.209. The van der Waals surface area contributed by atoms with Crippen LogP contribution in [0.3, 0.4) is 0 Å². The molecule has 0 bridgehead atoms. The predicted molar refractivity (Wildman–Crippen MR) is 47.5 cm³/mol. The largest absolute Gasteiger partial charge is 0.376 e. The van der Waals surface area contributed by atoms with Gasteiger partial charge in [0.2, 0.25) is 0 Å². The summed E-state index contributed by atoms with van der Waals surface area (Å²) in [5.41, 5.74) is 2.16. The van der Waals surface area contributed by atoms with Gasteiger partial charge >= 0.3 is 0 Å². The van der Waals surface area contributed by atoms with Gasteiger partial charge in [-0.05, 0) is 45.6 Å². The van der Waals surface area contributed by atoms with Crippen molar-refractivity contribution in [3.8, 4) is 0 Å². The smallest absolute Gasteiger partial charge is 0.137 e. The Morgan fingerprint density at radius 3 is 3.00 bits per heavy atom. The quantitative estimate of drug-likeness (QED) is 0.666. The van der Waals surface area contributed by atoms with Crippen molar-refractivity contribution in [3.05, 3.63) is 33.5 Å². The molecule has 0 spiro atoms. The van der Waals surface area contributed by atoms with Gasteiger partial charge in [-0.2, -0.15) is 0 Å². The number of rotatable bonds is 0. The van der Waals surface area contributed by atoms with Crippen molar-refractivity contribution >= 4 is 15.9 Å². The van der Waals surface area contributed by atoms with Crippen LogP contribution in [0, 0.1) is 5.82 Å². The van der Waals surface area contributed by atoms with Crippen LogP contribution in [0.1, 0.15) is 11.1 Å². The zero-order chi connectivity index (χ0) is 8.55. The highest BCUT2D eigenvalue weighted by atomic mass is 79.9. The van der Waals surface area contributed by atoms with Gasteiger partial charge in [0.15, 0.2) is 0 Å². The van der Waals surface area contributed by atoms with Crippen LogP contribution in [0.25, 0.3) is 0 Å². The van der Waals surface area contributed by atoms with E-state index in [1.165, 1.54) is 5.56 Å². The fourth-order valence-corrected chi connectivity index (χ4v) is 1.75. The minimum Gasteiger partial charge on any atom is -0.376 e. The Labute approximate surface area is 78.7 Å². The maximum absolute atomic E-state index is 13.0. The van der Waals surface area contributed by atoms with Crippen molar-refractivity contribution in [3.63, 3.8) is 0 Å². The lowest BCUT2D eigenvalue weighted by atomic mass is 10.0. The number of halogens is 2. The first-order valence-electron chi connectivity index (χ1n) is 3.82. The summed E-state index contributed by atoms with van der Waals surface area (Å²) in [5, 5.41) is 0. The predicted octanol–water partition coefficient (Wildman–Crippen LogP) is 2.66. The molecule has 1 aliphatic rings. The number of ether oxygens (including phenoxy) is 1. The SMILES string of the molecule is Fc1cc2c(cc1Br)CCOC2. The lowest BCUT2D eigenvalue weighted by molar-refractivity contribution is 0.110. The van der Waals surface area contributed by atoms with E-state index >= 15 is 0 Å². The second-order valence-electron chi connectivity index (χ2n) is 2.84. The molecule has 3 heteroatoms. The van der Waals surface area contributed by atoms with E-state index in [1.54, 1.807) is 6.07 Å². The van der Waals surface area contributed by atoms with Gasteiger partial charge in [-0.15, -0.1) is 0 Å². The first-order valence-corrected chi connectivity index (χ1v) is 4.61. The van der Waals surface area contributed by atoms with Crippen LogP contribution in [-0.2, 0) is 17.8 Å². The van der Waals surface area contributed by atoms with Crippen LogP contribution in [0.5, 0.6) is 0 Å². The molecule has 0 aliphatic carbocycles. The molecule has 1 heterocycles. The van der Waals surface area contributed by atoms with E-state index < -0.39 is 0 Å². The standard InChI is InChI=1S/C9H8BrFO/c10-8-3-6-1-2-12-5-7(6)4-9(8)11/h3-4H,1-2,5H2. The van der Waals surface area contributed by atoms with E-state index in [0.717, 1.165) is 18.6 Å². The molecule has 0 unspecified atom stereocenters. The van der Waals surface area contributed by atoms with E-state index in [0.29, 0.717) is 11.1 Å². The molecule has 1 aliphatic heterocycles. The van der Waals surface area contributed by atoms with Crippen LogP contribution in [0.4, 0.5) is 4.39 Å². The molecule has 1 aromatic rings. The number of benzene rings is 1. The Kier molecular flexibility index (Phi) is 2.15. The molecule has 0 atom stereocenters. The van der Waals surface area contributed by atoms with Crippen LogP contribution in [-0.4, -0.2) is 6.61 Å². The van der Waals surface area contributed by atoms with Crippen molar-refractivity contribution in [2.45, 2.75) is 13.0 Å². The minimum absolute atomic E-state index is 0.209. The summed E-state index contributed by atoms with van der Waals surface area (Å²) in [7, 11) is 0. The fraction of sp³-hybridized carbons (Fsp3) is 0.333. The van der Waals surface area contributed by atoms with Crippen LogP contribution in [0.15, 0.2) is 16.6 Å². The molecule has 0 saturated carbocycles. The van der Waals surface area contributed by atoms with Gasteiger partial charge in [0, 0.05) is 0 Å². The Bertz CT molecular complexity index is 281. The van der Waals surface area contributed by atoms with Gasteiger partial charge in [-0.1, -0.05) is 0 Å². The second-order valence-corrected chi connectivity index (χ2v) is 3.69. The first kappa shape index (κ1) is 8.20. The lowest BCUT2D eigenvalue weighted by Gasteiger charge is -2.16. The molecule has 0 fully saturated rings. The maximum Gasteiger partial charge on any atom is 0.137 e. The monoisotopic (exact) mass is 230 g/mol. The van der Waals surface area contributed by atoms with Crippen molar-refractivity contribution in [2.75, 3.05) is 6.61 Å². The summed E-state index contributed by atoms with van der Waals surface area (Å²) in [6.45, 7) is 1.28. The highest BCUT2D eigenvalue weighted by Crippen LogP contribution is 2.24. The normalized spacial score (nSPS) is 15.8. The minimum atomic E-state index is -0.209. The third-order valence-corrected chi connectivity index (χ3v) is 2.62. The molecule has 1 aromatic carbocycles. The summed E-state index contributed by atoms with van der Waals surface area (Å²) >= 11 is 3.16. The van der Waals surface area contributed by atoms with Crippen molar-refractivity contribution in [1.82, 2.24) is 0 Å². The van der Waals surface area contributed by atoms with Crippen molar-refractivity contribution in [2.24, 2.45) is 0 Å². The highest BCUT2D eigenvalue weighted by molar-refractivity contribution is 9.10. The highest BCUT2D eigenvalue weighted by Gasteiger charge is 2.12. The zero-order valence-corrected chi connectivity index (χ0v) is 8.03. The molecule has 0 N–H and O–H groups in total. The zero-order valence-electron chi connectivity index (χ0n) is 6.44. The van der Waals surface area contributed by atoms with Gasteiger partial charge in [-0.25, -0.2) is 4.39 Å². The molecule has 12 heavy (non-hydrogen) atoms. The summed E-state index contributed by atoms with van der Waals surface area (Å²) in [4.78, 5) is 0. The third-order valence-electron chi connectivity index (χ3n) is 2.02. The van der Waals surface area contributed by atoms with Gasteiger partial charge < -0.3 is 4.74 Å². The van der Waals surface area contributed by atoms with E-state index in [1.807, 2.05) is 6.07 Å². The number of hydrogen-bond donors (Lipinski definition) is 0. The third kappa shape index (κ3) is 1.39. The number of fused-ring (bicyclic) bond motifs is 1. The lowest BCUT2D eigenvalue weighted by Crippen LogP contribution is -2.10. The Balaban J connectivity index is 2.49. The molecule has 0 aromatic heterocycles. The van der Waals surface area contributed by atoms with Crippen LogP contribution in [0.2, 0.25) is 0 Å². The van der Waals surface area contributed by atoms with Crippen LogP contribution < -0.4 is 0 Å². The molecule has 0 radical (unpaired) electrons. The van der Waals surface area contributed by atoms with Gasteiger partial charge in [0.1, 0.15) is 5.82 Å². The van der Waals surface area contributed by atoms with Gasteiger partial charge in [0.05, 0.1) is 17.7 Å². The van der Waals surface area contributed by atoms with E-state index in [4.69, 9.17) is 4.74 Å². The topological polar surface area (TPSA) is 9.23 Å². The molecule has 64 valence electrons. The second kappa shape index (κ2) is 3.15. The van der Waals surface area contributed by atoms with E-state index in [2.05, 4.69) is 15.9 Å².